The second-order valence-electron chi connectivity index (χ2n) is 4.47. The molecule has 1 aliphatic heterocycles. The summed E-state index contributed by atoms with van der Waals surface area (Å²) < 4.78 is 5.80. The van der Waals surface area contributed by atoms with Gasteiger partial charge < -0.3 is 4.74 Å². The predicted octanol–water partition coefficient (Wildman–Crippen LogP) is 2.21. The molecule has 74 valence electrons. The third kappa shape index (κ3) is 0.941. The minimum Gasteiger partial charge on any atom is -0.490 e. The van der Waals surface area contributed by atoms with Gasteiger partial charge in [0.05, 0.1) is 0 Å². The summed E-state index contributed by atoms with van der Waals surface area (Å²) in [5.74, 6) is 2.12. The highest BCUT2D eigenvalue weighted by Crippen LogP contribution is 2.45. The highest BCUT2D eigenvalue weighted by molar-refractivity contribution is 5.97. The van der Waals surface area contributed by atoms with Crippen LogP contribution in [0.5, 0.6) is 0 Å². The zero-order valence-electron chi connectivity index (χ0n) is 8.32. The second-order valence-corrected chi connectivity index (χ2v) is 4.47. The summed E-state index contributed by atoms with van der Waals surface area (Å²) in [7, 11) is 0. The second kappa shape index (κ2) is 2.72. The van der Waals surface area contributed by atoms with Gasteiger partial charge >= 0.3 is 0 Å². The number of allylic oxidation sites excluding steroid dienone is 2. The number of ketones is 1. The quantitative estimate of drug-likeness (QED) is 0.547. The molecule has 0 N–H and O–H groups in total. The Hall–Kier alpha value is -1.05. The van der Waals surface area contributed by atoms with Gasteiger partial charge in [0.25, 0.3) is 0 Å². The van der Waals surface area contributed by atoms with Gasteiger partial charge in [-0.05, 0) is 18.4 Å². The van der Waals surface area contributed by atoms with Gasteiger partial charge in [-0.3, -0.25) is 4.79 Å². The van der Waals surface area contributed by atoms with Crippen LogP contribution in [-0.4, -0.2) is 11.9 Å². The molecular formula is C12H14O2. The van der Waals surface area contributed by atoms with E-state index in [0.29, 0.717) is 17.6 Å². The Kier molecular flexibility index (Phi) is 1.61. The van der Waals surface area contributed by atoms with Crippen molar-refractivity contribution in [1.82, 2.24) is 0 Å². The van der Waals surface area contributed by atoms with E-state index >= 15 is 0 Å². The normalized spacial score (nSPS) is 39.8. The fourth-order valence-corrected chi connectivity index (χ4v) is 2.86. The molecule has 0 aromatic carbocycles. The first kappa shape index (κ1) is 8.27. The van der Waals surface area contributed by atoms with E-state index in [1.807, 2.05) is 0 Å². The Morgan fingerprint density at radius 2 is 2.21 bits per heavy atom. The van der Waals surface area contributed by atoms with Crippen molar-refractivity contribution in [2.75, 3.05) is 0 Å². The van der Waals surface area contributed by atoms with Crippen molar-refractivity contribution in [2.45, 2.75) is 32.3 Å². The lowest BCUT2D eigenvalue weighted by Gasteiger charge is -2.17. The summed E-state index contributed by atoms with van der Waals surface area (Å²) in [6.07, 6.45) is 7.10. The largest absolute Gasteiger partial charge is 0.490 e. The third-order valence-electron chi connectivity index (χ3n) is 3.54. The number of fused-ring (bicyclic) bond motifs is 2. The van der Waals surface area contributed by atoms with E-state index in [2.05, 4.69) is 19.1 Å². The van der Waals surface area contributed by atoms with Crippen molar-refractivity contribution in [1.29, 1.82) is 0 Å². The van der Waals surface area contributed by atoms with E-state index in [-0.39, 0.29) is 6.10 Å². The molecule has 3 aliphatic rings. The molecule has 0 saturated carbocycles. The van der Waals surface area contributed by atoms with Crippen LogP contribution in [0, 0.1) is 11.8 Å². The molecule has 2 heteroatoms. The first-order chi connectivity index (χ1) is 6.77. The SMILES string of the molecule is C[C@@H]1C=C[C@H]2OC3=C(C(=O)CCC3)[C@@H]12. The van der Waals surface area contributed by atoms with Crippen molar-refractivity contribution < 1.29 is 9.53 Å². The Balaban J connectivity index is 2.01. The van der Waals surface area contributed by atoms with Gasteiger partial charge in [0.2, 0.25) is 0 Å². The van der Waals surface area contributed by atoms with E-state index in [4.69, 9.17) is 4.74 Å². The van der Waals surface area contributed by atoms with Crippen LogP contribution in [-0.2, 0) is 9.53 Å². The van der Waals surface area contributed by atoms with Crippen LogP contribution < -0.4 is 0 Å². The molecule has 0 amide bonds. The summed E-state index contributed by atoms with van der Waals surface area (Å²) in [4.78, 5) is 11.8. The van der Waals surface area contributed by atoms with Crippen LogP contribution in [0.4, 0.5) is 0 Å². The minimum absolute atomic E-state index is 0.164. The number of rotatable bonds is 0. The molecule has 3 atom stereocenters. The molecule has 0 saturated heterocycles. The molecule has 3 rings (SSSR count). The Morgan fingerprint density at radius 1 is 1.36 bits per heavy atom. The van der Waals surface area contributed by atoms with Crippen molar-refractivity contribution >= 4 is 5.78 Å². The summed E-state index contributed by atoms with van der Waals surface area (Å²) in [5.41, 5.74) is 1.01. The lowest BCUT2D eigenvalue weighted by molar-refractivity contribution is -0.116. The molecule has 1 heterocycles. The summed E-state index contributed by atoms with van der Waals surface area (Å²) in [6, 6.07) is 0. The lowest BCUT2D eigenvalue weighted by atomic mass is 9.82. The molecule has 2 aliphatic carbocycles. The topological polar surface area (TPSA) is 26.3 Å². The third-order valence-corrected chi connectivity index (χ3v) is 3.54. The number of ether oxygens (including phenoxy) is 1. The lowest BCUT2D eigenvalue weighted by Crippen LogP contribution is -2.21. The number of hydrogen-bond donors (Lipinski definition) is 0. The molecule has 0 fully saturated rings. The van der Waals surface area contributed by atoms with E-state index in [1.165, 1.54) is 0 Å². The van der Waals surface area contributed by atoms with Crippen LogP contribution in [0.1, 0.15) is 26.2 Å². The zero-order chi connectivity index (χ0) is 9.71. The van der Waals surface area contributed by atoms with Crippen LogP contribution in [0.25, 0.3) is 0 Å². The minimum atomic E-state index is 0.164. The van der Waals surface area contributed by atoms with Crippen molar-refractivity contribution in [3.05, 3.63) is 23.5 Å². The highest BCUT2D eigenvalue weighted by Gasteiger charge is 2.44. The van der Waals surface area contributed by atoms with Gasteiger partial charge in [-0.2, -0.15) is 0 Å². The van der Waals surface area contributed by atoms with E-state index in [1.54, 1.807) is 0 Å². The standard InChI is InChI=1S/C12H14O2/c1-7-5-6-10-11(7)12-8(13)3-2-4-9(12)14-10/h5-7,10-11H,2-4H2,1H3/t7-,10-,11+/m1/s1. The number of carbonyl (C=O) groups is 1. The van der Waals surface area contributed by atoms with E-state index in [9.17, 15) is 4.79 Å². The van der Waals surface area contributed by atoms with Crippen LogP contribution in [0.3, 0.4) is 0 Å². The predicted molar refractivity (Wildman–Crippen MR) is 52.6 cm³/mol. The number of hydrogen-bond acceptors (Lipinski definition) is 2. The summed E-state index contributed by atoms with van der Waals surface area (Å²) in [5, 5.41) is 0. The molecule has 0 bridgehead atoms. The van der Waals surface area contributed by atoms with Gasteiger partial charge in [-0.1, -0.05) is 13.0 Å². The maximum atomic E-state index is 11.8. The summed E-state index contributed by atoms with van der Waals surface area (Å²) in [6.45, 7) is 2.17. The molecular weight excluding hydrogens is 176 g/mol. The molecule has 0 spiro atoms. The van der Waals surface area contributed by atoms with Gasteiger partial charge in [-0.15, -0.1) is 0 Å². The molecule has 14 heavy (non-hydrogen) atoms. The first-order valence-corrected chi connectivity index (χ1v) is 5.38. The number of Topliss-reactive ketones (excluding diaryl/α,β-unsaturated/α-hetero) is 1. The van der Waals surface area contributed by atoms with Gasteiger partial charge in [0.15, 0.2) is 5.78 Å². The van der Waals surface area contributed by atoms with Crippen LogP contribution >= 0.6 is 0 Å². The van der Waals surface area contributed by atoms with Gasteiger partial charge in [-0.25, -0.2) is 0 Å². The van der Waals surface area contributed by atoms with E-state index < -0.39 is 0 Å². The first-order valence-electron chi connectivity index (χ1n) is 5.38. The fraction of sp³-hybridized carbons (Fsp3) is 0.583. The van der Waals surface area contributed by atoms with Gasteiger partial charge in [0.1, 0.15) is 11.9 Å². The van der Waals surface area contributed by atoms with Crippen LogP contribution in [0.15, 0.2) is 23.5 Å². The Labute approximate surface area is 83.6 Å². The molecule has 2 nitrogen and oxygen atoms in total. The van der Waals surface area contributed by atoms with Gasteiger partial charge in [0, 0.05) is 24.3 Å². The monoisotopic (exact) mass is 190 g/mol. The van der Waals surface area contributed by atoms with E-state index in [0.717, 1.165) is 30.6 Å². The average molecular weight is 190 g/mol. The van der Waals surface area contributed by atoms with Crippen molar-refractivity contribution in [3.8, 4) is 0 Å². The smallest absolute Gasteiger partial charge is 0.162 e. The molecule has 0 radical (unpaired) electrons. The average Bonchev–Trinajstić information content (AvgIpc) is 2.67. The Morgan fingerprint density at radius 3 is 3.07 bits per heavy atom. The van der Waals surface area contributed by atoms with Crippen molar-refractivity contribution in [3.63, 3.8) is 0 Å². The zero-order valence-corrected chi connectivity index (χ0v) is 8.32. The summed E-state index contributed by atoms with van der Waals surface area (Å²) >= 11 is 0. The van der Waals surface area contributed by atoms with Crippen molar-refractivity contribution in [2.24, 2.45) is 11.8 Å². The fourth-order valence-electron chi connectivity index (χ4n) is 2.86. The molecule has 0 aromatic rings. The molecule has 0 unspecified atom stereocenters. The maximum absolute atomic E-state index is 11.8. The van der Waals surface area contributed by atoms with Crippen LogP contribution in [0.2, 0.25) is 0 Å². The molecule has 0 aromatic heterocycles. The highest BCUT2D eigenvalue weighted by atomic mass is 16.5. The Bertz CT molecular complexity index is 351. The maximum Gasteiger partial charge on any atom is 0.162 e. The number of carbonyl (C=O) groups excluding carboxylic acids is 1.